The van der Waals surface area contributed by atoms with E-state index in [4.69, 9.17) is 4.74 Å². The Morgan fingerprint density at radius 3 is 2.74 bits per heavy atom. The number of aryl methyl sites for hydroxylation is 2. The molecular weight excluding hydrogens is 296 g/mol. The normalized spacial score (nSPS) is 10.7. The molecule has 0 aliphatic carbocycles. The molecule has 1 amide bonds. The van der Waals surface area contributed by atoms with Crippen molar-refractivity contribution in [3.8, 4) is 17.2 Å². The van der Waals surface area contributed by atoms with Gasteiger partial charge >= 0.3 is 0 Å². The van der Waals surface area contributed by atoms with Crippen LogP contribution < -0.4 is 10.2 Å². The van der Waals surface area contributed by atoms with Gasteiger partial charge in [0.25, 0.3) is 5.91 Å². The van der Waals surface area contributed by atoms with Gasteiger partial charge in [-0.25, -0.2) is 5.43 Å². The van der Waals surface area contributed by atoms with Gasteiger partial charge < -0.3 is 14.9 Å². The van der Waals surface area contributed by atoms with Crippen molar-refractivity contribution in [2.75, 3.05) is 6.61 Å². The molecule has 6 heteroatoms. The molecular formula is C17H18N2O4. The average molecular weight is 314 g/mol. The minimum Gasteiger partial charge on any atom is -0.508 e. The smallest absolute Gasteiger partial charge is 0.277 e. The van der Waals surface area contributed by atoms with Gasteiger partial charge in [0.05, 0.1) is 6.21 Å². The molecule has 0 spiro atoms. The number of nitrogens with one attached hydrogen (secondary N) is 1. The summed E-state index contributed by atoms with van der Waals surface area (Å²) in [6.07, 6.45) is 1.28. The summed E-state index contributed by atoms with van der Waals surface area (Å²) < 4.78 is 5.45. The minimum absolute atomic E-state index is 0.0504. The fraction of sp³-hybridized carbons (Fsp3) is 0.176. The third-order valence-corrected chi connectivity index (χ3v) is 3.11. The molecule has 0 aliphatic heterocycles. The predicted octanol–water partition coefficient (Wildman–Crippen LogP) is 2.24. The van der Waals surface area contributed by atoms with Crippen molar-refractivity contribution in [2.45, 2.75) is 13.8 Å². The van der Waals surface area contributed by atoms with Gasteiger partial charge in [-0.1, -0.05) is 12.1 Å². The lowest BCUT2D eigenvalue weighted by molar-refractivity contribution is -0.123. The van der Waals surface area contributed by atoms with Gasteiger partial charge in [-0.3, -0.25) is 4.79 Å². The van der Waals surface area contributed by atoms with Crippen molar-refractivity contribution in [1.29, 1.82) is 0 Å². The average Bonchev–Trinajstić information content (AvgIpc) is 2.50. The zero-order valence-electron chi connectivity index (χ0n) is 12.9. The highest BCUT2D eigenvalue weighted by molar-refractivity contribution is 5.85. The number of phenolic OH excluding ortho intramolecular Hbond substituents is 2. The van der Waals surface area contributed by atoms with Gasteiger partial charge in [0, 0.05) is 11.6 Å². The predicted molar refractivity (Wildman–Crippen MR) is 86.9 cm³/mol. The summed E-state index contributed by atoms with van der Waals surface area (Å²) in [5.74, 6) is 0.0565. The monoisotopic (exact) mass is 314 g/mol. The Morgan fingerprint density at radius 1 is 1.22 bits per heavy atom. The summed E-state index contributed by atoms with van der Waals surface area (Å²) in [5, 5.41) is 22.5. The van der Waals surface area contributed by atoms with Crippen LogP contribution in [0.1, 0.15) is 16.7 Å². The summed E-state index contributed by atoms with van der Waals surface area (Å²) in [6.45, 7) is 3.68. The van der Waals surface area contributed by atoms with Gasteiger partial charge in [0.15, 0.2) is 6.61 Å². The Labute approximate surface area is 134 Å². The number of carbonyl (C=O) groups is 1. The van der Waals surface area contributed by atoms with Crippen molar-refractivity contribution < 1.29 is 19.7 Å². The second-order valence-electron chi connectivity index (χ2n) is 5.09. The van der Waals surface area contributed by atoms with Crippen molar-refractivity contribution in [2.24, 2.45) is 5.10 Å². The van der Waals surface area contributed by atoms with Gasteiger partial charge in [0.1, 0.15) is 17.2 Å². The summed E-state index contributed by atoms with van der Waals surface area (Å²) in [6, 6.07) is 9.83. The molecule has 3 N–H and O–H groups in total. The molecule has 0 heterocycles. The number of amides is 1. The number of hydrogen-bond donors (Lipinski definition) is 3. The van der Waals surface area contributed by atoms with Crippen molar-refractivity contribution >= 4 is 12.1 Å². The van der Waals surface area contributed by atoms with Gasteiger partial charge in [-0.15, -0.1) is 0 Å². The van der Waals surface area contributed by atoms with Crippen LogP contribution in [0.3, 0.4) is 0 Å². The van der Waals surface area contributed by atoms with E-state index in [2.05, 4.69) is 10.5 Å². The Bertz CT molecular complexity index is 741. The highest BCUT2D eigenvalue weighted by Gasteiger charge is 2.05. The Hall–Kier alpha value is -3.02. The largest absolute Gasteiger partial charge is 0.508 e. The van der Waals surface area contributed by atoms with Crippen LogP contribution in [0, 0.1) is 13.8 Å². The molecule has 2 aromatic rings. The Balaban J connectivity index is 1.87. The number of hydrogen-bond acceptors (Lipinski definition) is 5. The van der Waals surface area contributed by atoms with Crippen LogP contribution in [0.2, 0.25) is 0 Å². The molecule has 0 radical (unpaired) electrons. The number of ether oxygens (including phenoxy) is 1. The second kappa shape index (κ2) is 7.31. The zero-order valence-corrected chi connectivity index (χ0v) is 12.9. The number of aromatic hydroxyl groups is 2. The highest BCUT2D eigenvalue weighted by Crippen LogP contribution is 2.21. The van der Waals surface area contributed by atoms with E-state index in [0.717, 1.165) is 11.1 Å². The van der Waals surface area contributed by atoms with Crippen LogP contribution >= 0.6 is 0 Å². The molecule has 0 aliphatic rings. The lowest BCUT2D eigenvalue weighted by Crippen LogP contribution is -2.24. The first-order chi connectivity index (χ1) is 11.0. The first kappa shape index (κ1) is 16.4. The molecule has 0 aromatic heterocycles. The number of carbonyl (C=O) groups excluding carboxylic acids is 1. The number of rotatable bonds is 5. The minimum atomic E-state index is -0.416. The molecule has 0 atom stereocenters. The van der Waals surface area contributed by atoms with Gasteiger partial charge in [0.2, 0.25) is 0 Å². The quantitative estimate of drug-likeness (QED) is 0.583. The first-order valence-corrected chi connectivity index (χ1v) is 6.99. The zero-order chi connectivity index (χ0) is 16.8. The van der Waals surface area contributed by atoms with E-state index < -0.39 is 5.91 Å². The number of hydrazone groups is 1. The maximum atomic E-state index is 11.7. The van der Waals surface area contributed by atoms with Crippen LogP contribution in [0.25, 0.3) is 0 Å². The molecule has 0 saturated carbocycles. The van der Waals surface area contributed by atoms with E-state index in [0.29, 0.717) is 11.3 Å². The summed E-state index contributed by atoms with van der Waals surface area (Å²) in [4.78, 5) is 11.7. The van der Waals surface area contributed by atoms with E-state index in [-0.39, 0.29) is 18.1 Å². The maximum Gasteiger partial charge on any atom is 0.277 e. The van der Waals surface area contributed by atoms with Crippen molar-refractivity contribution in [1.82, 2.24) is 5.43 Å². The lowest BCUT2D eigenvalue weighted by atomic mass is 10.1. The van der Waals surface area contributed by atoms with Crippen LogP contribution in [0.5, 0.6) is 17.2 Å². The van der Waals surface area contributed by atoms with Crippen LogP contribution in [-0.2, 0) is 4.79 Å². The van der Waals surface area contributed by atoms with E-state index in [1.165, 1.54) is 24.4 Å². The molecule has 0 fully saturated rings. The van der Waals surface area contributed by atoms with E-state index in [1.807, 2.05) is 32.0 Å². The molecule has 120 valence electrons. The molecule has 2 rings (SSSR count). The Morgan fingerprint density at radius 2 is 2.00 bits per heavy atom. The van der Waals surface area contributed by atoms with Crippen molar-refractivity contribution in [3.05, 3.63) is 53.1 Å². The van der Waals surface area contributed by atoms with Gasteiger partial charge in [-0.2, -0.15) is 5.10 Å². The fourth-order valence-corrected chi connectivity index (χ4v) is 1.85. The van der Waals surface area contributed by atoms with Crippen LogP contribution in [0.4, 0.5) is 0 Å². The lowest BCUT2D eigenvalue weighted by Gasteiger charge is -2.08. The summed E-state index contributed by atoms with van der Waals surface area (Å²) in [7, 11) is 0. The maximum absolute atomic E-state index is 11.7. The topological polar surface area (TPSA) is 91.2 Å². The third-order valence-electron chi connectivity index (χ3n) is 3.11. The van der Waals surface area contributed by atoms with E-state index in [9.17, 15) is 15.0 Å². The first-order valence-electron chi connectivity index (χ1n) is 6.99. The molecule has 23 heavy (non-hydrogen) atoms. The molecule has 6 nitrogen and oxygen atoms in total. The van der Waals surface area contributed by atoms with Gasteiger partial charge in [-0.05, 0) is 43.2 Å². The number of benzene rings is 2. The van der Waals surface area contributed by atoms with Crippen LogP contribution in [-0.4, -0.2) is 28.9 Å². The molecule has 2 aromatic carbocycles. The summed E-state index contributed by atoms with van der Waals surface area (Å²) in [5.41, 5.74) is 4.68. The SMILES string of the molecule is Cc1ccc(C)c(OCC(=O)NN=Cc2ccc(O)cc2O)c1. The standard InChI is InChI=1S/C17H18N2O4/c1-11-3-4-12(2)16(7-11)23-10-17(22)19-18-9-13-5-6-14(20)8-15(13)21/h3-9,20-21H,10H2,1-2H3,(H,19,22). The Kier molecular flexibility index (Phi) is 5.19. The second-order valence-corrected chi connectivity index (χ2v) is 5.09. The number of nitrogens with zero attached hydrogens (tertiary/aromatic N) is 1. The van der Waals surface area contributed by atoms with E-state index >= 15 is 0 Å². The fourth-order valence-electron chi connectivity index (χ4n) is 1.85. The molecule has 0 unspecified atom stereocenters. The van der Waals surface area contributed by atoms with Crippen LogP contribution in [0.15, 0.2) is 41.5 Å². The van der Waals surface area contributed by atoms with E-state index in [1.54, 1.807) is 0 Å². The number of phenols is 2. The van der Waals surface area contributed by atoms with Crippen molar-refractivity contribution in [3.63, 3.8) is 0 Å². The molecule has 0 saturated heterocycles. The third kappa shape index (κ3) is 4.74. The summed E-state index contributed by atoms with van der Waals surface area (Å²) >= 11 is 0. The molecule has 0 bridgehead atoms. The highest BCUT2D eigenvalue weighted by atomic mass is 16.5.